The number of aromatic nitrogens is 4. The lowest BCUT2D eigenvalue weighted by Gasteiger charge is -2.29. The summed E-state index contributed by atoms with van der Waals surface area (Å²) < 4.78 is 22.7. The average molecular weight is 521 g/mol. The van der Waals surface area contributed by atoms with Gasteiger partial charge in [-0.25, -0.2) is 13.4 Å². The number of nitrogens with zero attached hydrogens (tertiary/aromatic N) is 4. The van der Waals surface area contributed by atoms with Gasteiger partial charge < -0.3 is 4.74 Å². The van der Waals surface area contributed by atoms with Crippen LogP contribution in [0.25, 0.3) is 21.7 Å². The van der Waals surface area contributed by atoms with Crippen LogP contribution in [0.15, 0.2) is 64.5 Å². The van der Waals surface area contributed by atoms with Gasteiger partial charge in [0.05, 0.1) is 29.0 Å². The van der Waals surface area contributed by atoms with E-state index in [1.807, 2.05) is 48.6 Å². The SMILES string of the molecule is CC1(C)Cc2c(sc3c2c(=O)n(-c2ccccc2)c2nnc(SCC(=O)c4ccc(F)cc4)n32)CO1. The van der Waals surface area contributed by atoms with Crippen LogP contribution in [0.1, 0.15) is 34.6 Å². The van der Waals surface area contributed by atoms with Gasteiger partial charge in [-0.1, -0.05) is 30.0 Å². The molecule has 4 heterocycles. The first-order chi connectivity index (χ1) is 17.3. The van der Waals surface area contributed by atoms with Crippen molar-refractivity contribution in [2.45, 2.75) is 37.6 Å². The van der Waals surface area contributed by atoms with Gasteiger partial charge in [-0.2, -0.15) is 0 Å². The van der Waals surface area contributed by atoms with Gasteiger partial charge in [0, 0.05) is 16.9 Å². The highest BCUT2D eigenvalue weighted by Crippen LogP contribution is 2.39. The fourth-order valence-corrected chi connectivity index (χ4v) is 6.56. The maximum atomic E-state index is 13.9. The maximum Gasteiger partial charge on any atom is 0.268 e. The summed E-state index contributed by atoms with van der Waals surface area (Å²) in [5.41, 5.74) is 1.58. The summed E-state index contributed by atoms with van der Waals surface area (Å²) in [5.74, 6) is -0.0588. The Morgan fingerprint density at radius 3 is 2.64 bits per heavy atom. The fourth-order valence-electron chi connectivity index (χ4n) is 4.46. The number of carbonyl (C=O) groups is 1. The molecular formula is C26H21FN4O3S2. The summed E-state index contributed by atoms with van der Waals surface area (Å²) in [5, 5.41) is 9.88. The van der Waals surface area contributed by atoms with Gasteiger partial charge in [0.25, 0.3) is 5.56 Å². The maximum absolute atomic E-state index is 13.9. The number of carbonyl (C=O) groups excluding carboxylic acids is 1. The van der Waals surface area contributed by atoms with Crippen LogP contribution in [0, 0.1) is 5.82 Å². The van der Waals surface area contributed by atoms with Gasteiger partial charge in [-0.3, -0.25) is 9.59 Å². The third-order valence-corrected chi connectivity index (χ3v) is 8.34. The van der Waals surface area contributed by atoms with Gasteiger partial charge in [-0.05, 0) is 55.8 Å². The molecule has 0 amide bonds. The molecule has 0 saturated heterocycles. The highest BCUT2D eigenvalue weighted by atomic mass is 32.2. The lowest BCUT2D eigenvalue weighted by atomic mass is 9.94. The molecule has 6 rings (SSSR count). The molecule has 0 bridgehead atoms. The summed E-state index contributed by atoms with van der Waals surface area (Å²) in [6.45, 7) is 4.48. The van der Waals surface area contributed by atoms with E-state index in [0.29, 0.717) is 40.6 Å². The van der Waals surface area contributed by atoms with E-state index in [1.54, 1.807) is 4.57 Å². The van der Waals surface area contributed by atoms with E-state index in [9.17, 15) is 14.0 Å². The highest BCUT2D eigenvalue weighted by Gasteiger charge is 2.32. The Kier molecular flexibility index (Phi) is 5.55. The molecule has 0 radical (unpaired) electrons. The molecular weight excluding hydrogens is 499 g/mol. The Labute approximate surface area is 213 Å². The minimum atomic E-state index is -0.391. The average Bonchev–Trinajstić information content (AvgIpc) is 3.44. The van der Waals surface area contributed by atoms with E-state index in [1.165, 1.54) is 47.4 Å². The number of hydrogen-bond donors (Lipinski definition) is 0. The zero-order valence-corrected chi connectivity index (χ0v) is 21.2. The molecule has 1 aliphatic heterocycles. The molecule has 7 nitrogen and oxygen atoms in total. The molecule has 0 atom stereocenters. The lowest BCUT2D eigenvalue weighted by molar-refractivity contribution is -0.0379. The Hall–Kier alpha value is -3.34. The van der Waals surface area contributed by atoms with Crippen molar-refractivity contribution in [1.29, 1.82) is 0 Å². The largest absolute Gasteiger partial charge is 0.370 e. The van der Waals surface area contributed by atoms with E-state index in [0.717, 1.165) is 15.3 Å². The Morgan fingerprint density at radius 2 is 1.89 bits per heavy atom. The van der Waals surface area contributed by atoms with Crippen LogP contribution in [0.2, 0.25) is 0 Å². The molecule has 0 aliphatic carbocycles. The summed E-state index contributed by atoms with van der Waals surface area (Å²) in [4.78, 5) is 28.4. The van der Waals surface area contributed by atoms with Crippen molar-refractivity contribution in [3.05, 3.63) is 86.8 Å². The van der Waals surface area contributed by atoms with Crippen LogP contribution < -0.4 is 5.56 Å². The van der Waals surface area contributed by atoms with Crippen molar-refractivity contribution in [2.24, 2.45) is 0 Å². The molecule has 0 spiro atoms. The number of rotatable bonds is 5. The van der Waals surface area contributed by atoms with Crippen molar-refractivity contribution in [3.63, 3.8) is 0 Å². The predicted molar refractivity (Wildman–Crippen MR) is 138 cm³/mol. The third-order valence-electron chi connectivity index (χ3n) is 6.22. The molecule has 0 fully saturated rings. The van der Waals surface area contributed by atoms with Gasteiger partial charge in [0.1, 0.15) is 10.6 Å². The van der Waals surface area contributed by atoms with Crippen molar-refractivity contribution in [2.75, 3.05) is 5.75 Å². The Morgan fingerprint density at radius 1 is 1.14 bits per heavy atom. The van der Waals surface area contributed by atoms with Crippen molar-refractivity contribution in [3.8, 4) is 5.69 Å². The summed E-state index contributed by atoms with van der Waals surface area (Å²) in [6.07, 6.45) is 0.617. The van der Waals surface area contributed by atoms with Gasteiger partial charge in [0.2, 0.25) is 5.78 Å². The van der Waals surface area contributed by atoms with Crippen LogP contribution >= 0.6 is 23.1 Å². The van der Waals surface area contributed by atoms with Crippen LogP contribution in [-0.4, -0.2) is 36.3 Å². The van der Waals surface area contributed by atoms with Crippen LogP contribution in [-0.2, 0) is 17.8 Å². The van der Waals surface area contributed by atoms with E-state index < -0.39 is 5.82 Å². The lowest BCUT2D eigenvalue weighted by Crippen LogP contribution is -2.32. The second-order valence-electron chi connectivity index (χ2n) is 9.22. The molecule has 5 aromatic rings. The van der Waals surface area contributed by atoms with Crippen molar-refractivity contribution < 1.29 is 13.9 Å². The third kappa shape index (κ3) is 3.85. The first-order valence-electron chi connectivity index (χ1n) is 11.4. The number of halogens is 1. The Bertz CT molecular complexity index is 1690. The molecule has 0 N–H and O–H groups in total. The second-order valence-corrected chi connectivity index (χ2v) is 11.2. The zero-order valence-electron chi connectivity index (χ0n) is 19.5. The van der Waals surface area contributed by atoms with Crippen LogP contribution in [0.4, 0.5) is 4.39 Å². The summed E-state index contributed by atoms with van der Waals surface area (Å²) >= 11 is 2.74. The van der Waals surface area contributed by atoms with Crippen molar-refractivity contribution >= 4 is 44.9 Å². The molecule has 0 unspecified atom stereocenters. The smallest absolute Gasteiger partial charge is 0.268 e. The molecule has 0 saturated carbocycles. The fraction of sp³-hybridized carbons (Fsp3) is 0.231. The van der Waals surface area contributed by atoms with Gasteiger partial charge >= 0.3 is 0 Å². The monoisotopic (exact) mass is 520 g/mol. The topological polar surface area (TPSA) is 78.5 Å². The van der Waals surface area contributed by atoms with E-state index >= 15 is 0 Å². The van der Waals surface area contributed by atoms with Crippen molar-refractivity contribution in [1.82, 2.24) is 19.2 Å². The predicted octanol–water partition coefficient (Wildman–Crippen LogP) is 5.06. The van der Waals surface area contributed by atoms with Crippen LogP contribution in [0.3, 0.4) is 0 Å². The molecule has 3 aromatic heterocycles. The first kappa shape index (κ1) is 23.1. The quantitative estimate of drug-likeness (QED) is 0.238. The van der Waals surface area contributed by atoms with E-state index in [4.69, 9.17) is 4.74 Å². The minimum absolute atomic E-state index is 0.0968. The van der Waals surface area contributed by atoms with E-state index in [2.05, 4.69) is 10.2 Å². The Balaban J connectivity index is 1.53. The standard InChI is InChI=1S/C26H21FN4O3S2/c1-26(2)12-18-20(13-34-26)36-23-21(18)22(33)30(17-6-4-3-5-7-17)24-28-29-25(31(23)24)35-14-19(32)15-8-10-16(27)11-9-15/h3-11H,12-14H2,1-2H3. The second kappa shape index (κ2) is 8.65. The van der Waals surface area contributed by atoms with Gasteiger partial charge in [-0.15, -0.1) is 21.5 Å². The number of para-hydroxylation sites is 1. The number of ketones is 1. The van der Waals surface area contributed by atoms with Crippen LogP contribution in [0.5, 0.6) is 0 Å². The number of thioether (sulfide) groups is 1. The number of benzene rings is 2. The summed E-state index contributed by atoms with van der Waals surface area (Å²) in [6, 6.07) is 14.8. The number of ether oxygens (including phenoxy) is 1. The number of fused-ring (bicyclic) bond motifs is 5. The number of hydrogen-bond acceptors (Lipinski definition) is 7. The molecule has 10 heteroatoms. The summed E-state index contributed by atoms with van der Waals surface area (Å²) in [7, 11) is 0. The molecule has 1 aliphatic rings. The number of thiophene rings is 1. The first-order valence-corrected chi connectivity index (χ1v) is 13.2. The van der Waals surface area contributed by atoms with E-state index in [-0.39, 0.29) is 22.7 Å². The van der Waals surface area contributed by atoms with Gasteiger partial charge in [0.15, 0.2) is 10.9 Å². The minimum Gasteiger partial charge on any atom is -0.370 e. The molecule has 2 aromatic carbocycles. The zero-order chi connectivity index (χ0) is 25.0. The number of Topliss-reactive ketones (excluding diaryl/α,β-unsaturated/α-hetero) is 1. The molecule has 182 valence electrons. The highest BCUT2D eigenvalue weighted by molar-refractivity contribution is 7.99. The normalized spacial score (nSPS) is 14.9. The molecule has 36 heavy (non-hydrogen) atoms.